The molecule has 1 amide bonds. The van der Waals surface area contributed by atoms with Crippen molar-refractivity contribution in [2.75, 3.05) is 27.4 Å². The van der Waals surface area contributed by atoms with Crippen LogP contribution in [0, 0.1) is 5.92 Å². The number of unbranched alkanes of at least 4 members (excludes halogenated alkanes) is 9. The highest BCUT2D eigenvalue weighted by Gasteiger charge is 2.47. The third kappa shape index (κ3) is 17.1. The highest BCUT2D eigenvalue weighted by molar-refractivity contribution is 5.92. The van der Waals surface area contributed by atoms with Crippen LogP contribution in [0.2, 0.25) is 0 Å². The van der Waals surface area contributed by atoms with Gasteiger partial charge in [0.05, 0.1) is 25.7 Å². The second-order valence-electron chi connectivity index (χ2n) is 12.4. The van der Waals surface area contributed by atoms with Gasteiger partial charge in [-0.1, -0.05) is 95.9 Å². The average Bonchev–Trinajstić information content (AvgIpc) is 3.06. The predicted octanol–water partition coefficient (Wildman–Crippen LogP) is 6.15. The van der Waals surface area contributed by atoms with E-state index in [-0.39, 0.29) is 25.6 Å². The van der Waals surface area contributed by atoms with Gasteiger partial charge in [-0.25, -0.2) is 9.59 Å². The summed E-state index contributed by atoms with van der Waals surface area (Å²) in [7, 11) is 2.60. The van der Waals surface area contributed by atoms with Gasteiger partial charge in [0.15, 0.2) is 5.60 Å². The van der Waals surface area contributed by atoms with E-state index in [0.717, 1.165) is 63.4 Å². The molecule has 0 aromatic heterocycles. The molecule has 1 unspecified atom stereocenters. The zero-order chi connectivity index (χ0) is 34.9. The minimum Gasteiger partial charge on any atom is -0.494 e. The molecule has 4 atom stereocenters. The van der Waals surface area contributed by atoms with Gasteiger partial charge in [-0.05, 0) is 49.8 Å². The number of hydrogen-bond acceptors (Lipinski definition) is 8. The number of allylic oxidation sites excluding steroid dienone is 1. The molecule has 0 aliphatic carbocycles. The van der Waals surface area contributed by atoms with Crippen molar-refractivity contribution < 1.29 is 43.9 Å². The molecular formula is C37H61NO9. The van der Waals surface area contributed by atoms with E-state index in [1.54, 1.807) is 30.3 Å². The number of nitrogens with one attached hydrogen (secondary N) is 1. The molecule has 1 aromatic carbocycles. The number of amides is 1. The van der Waals surface area contributed by atoms with E-state index < -0.39 is 35.4 Å². The number of carboxylic acid groups (broad SMARTS) is 1. The number of aliphatic hydroxyl groups is 2. The van der Waals surface area contributed by atoms with Crippen molar-refractivity contribution in [3.05, 3.63) is 42.0 Å². The molecule has 0 saturated carbocycles. The molecule has 1 aromatic rings. The van der Waals surface area contributed by atoms with Crippen LogP contribution in [-0.2, 0) is 30.3 Å². The van der Waals surface area contributed by atoms with Gasteiger partial charge in [0.2, 0.25) is 5.91 Å². The molecule has 0 fully saturated rings. The lowest BCUT2D eigenvalue weighted by atomic mass is 9.83. The summed E-state index contributed by atoms with van der Waals surface area (Å²) in [5.41, 5.74) is -1.72. The lowest BCUT2D eigenvalue weighted by molar-refractivity contribution is -0.169. The van der Waals surface area contributed by atoms with E-state index in [4.69, 9.17) is 14.2 Å². The van der Waals surface area contributed by atoms with E-state index >= 15 is 0 Å². The SMILES string of the molecule is CCCCCCCC(O)CCCCCCC=C[C@H](C(=O)N[C@@H](Cc1ccc(OCCCC)cc1)C(=O)OC)[C@@](O)(CCOC)C(=O)O. The summed E-state index contributed by atoms with van der Waals surface area (Å²) in [6.07, 6.45) is 16.4. The average molecular weight is 664 g/mol. The van der Waals surface area contributed by atoms with Gasteiger partial charge in [0.25, 0.3) is 0 Å². The van der Waals surface area contributed by atoms with Crippen LogP contribution in [0.5, 0.6) is 5.75 Å². The second kappa shape index (κ2) is 25.1. The first-order valence-corrected chi connectivity index (χ1v) is 17.5. The zero-order valence-corrected chi connectivity index (χ0v) is 29.2. The van der Waals surface area contributed by atoms with Crippen molar-refractivity contribution >= 4 is 17.8 Å². The lowest BCUT2D eigenvalue weighted by Gasteiger charge is -2.30. The summed E-state index contributed by atoms with van der Waals surface area (Å²) in [5.74, 6) is -3.84. The molecule has 10 nitrogen and oxygen atoms in total. The van der Waals surface area contributed by atoms with Gasteiger partial charge >= 0.3 is 11.9 Å². The molecule has 4 N–H and O–H groups in total. The molecule has 0 aliphatic heterocycles. The number of carbonyl (C=O) groups is 3. The number of benzene rings is 1. The molecule has 47 heavy (non-hydrogen) atoms. The Hall–Kier alpha value is -2.95. The number of methoxy groups -OCH3 is 2. The Morgan fingerprint density at radius 1 is 0.872 bits per heavy atom. The zero-order valence-electron chi connectivity index (χ0n) is 29.2. The molecule has 1 rings (SSSR count). The van der Waals surface area contributed by atoms with E-state index in [0.29, 0.717) is 18.8 Å². The second-order valence-corrected chi connectivity index (χ2v) is 12.4. The number of hydrogen-bond donors (Lipinski definition) is 4. The van der Waals surface area contributed by atoms with Crippen molar-refractivity contribution in [1.29, 1.82) is 0 Å². The van der Waals surface area contributed by atoms with Crippen molar-refractivity contribution in [3.8, 4) is 5.75 Å². The standard InChI is InChI=1S/C37H61NO9/c1-5-7-9-12-15-18-30(39)19-16-13-10-11-14-17-20-32(37(44,36(42)43)25-27-45-3)34(40)38-33(35(41)46-4)28-29-21-23-31(24-22-29)47-26-8-6-2/h17,20-24,30,32-33,39,44H,5-16,18-19,25-28H2,1-4H3,(H,38,40)(H,42,43)/t30?,32-,33+,37+/m1/s1. The van der Waals surface area contributed by atoms with Gasteiger partial charge in [0, 0.05) is 26.6 Å². The Morgan fingerprint density at radius 2 is 1.49 bits per heavy atom. The number of ether oxygens (including phenoxy) is 3. The van der Waals surface area contributed by atoms with Gasteiger partial charge in [-0.15, -0.1) is 0 Å². The predicted molar refractivity (Wildman–Crippen MR) is 183 cm³/mol. The maximum absolute atomic E-state index is 13.6. The fourth-order valence-electron chi connectivity index (χ4n) is 5.36. The number of carboxylic acids is 1. The summed E-state index contributed by atoms with van der Waals surface area (Å²) in [5, 5.41) is 34.1. The van der Waals surface area contributed by atoms with Gasteiger partial charge in [0.1, 0.15) is 11.8 Å². The normalized spacial score (nSPS) is 14.7. The third-order valence-corrected chi connectivity index (χ3v) is 8.41. The lowest BCUT2D eigenvalue weighted by Crippen LogP contribution is -2.55. The summed E-state index contributed by atoms with van der Waals surface area (Å²) < 4.78 is 15.7. The first-order valence-electron chi connectivity index (χ1n) is 17.5. The minimum absolute atomic E-state index is 0.0852. The third-order valence-electron chi connectivity index (χ3n) is 8.41. The summed E-state index contributed by atoms with van der Waals surface area (Å²) in [4.78, 5) is 38.6. The maximum Gasteiger partial charge on any atom is 0.336 e. The van der Waals surface area contributed by atoms with Gasteiger partial charge < -0.3 is 34.8 Å². The molecule has 0 bridgehead atoms. The number of esters is 1. The van der Waals surface area contributed by atoms with E-state index in [1.807, 2.05) is 0 Å². The van der Waals surface area contributed by atoms with Crippen molar-refractivity contribution in [2.24, 2.45) is 5.92 Å². The molecule has 0 radical (unpaired) electrons. The smallest absolute Gasteiger partial charge is 0.336 e. The molecule has 0 aliphatic rings. The first kappa shape index (κ1) is 42.1. The van der Waals surface area contributed by atoms with Crippen molar-refractivity contribution in [2.45, 2.75) is 134 Å². The van der Waals surface area contributed by atoms with Crippen LogP contribution in [0.4, 0.5) is 0 Å². The van der Waals surface area contributed by atoms with E-state index in [1.165, 1.54) is 46.0 Å². The summed E-state index contributed by atoms with van der Waals surface area (Å²) >= 11 is 0. The van der Waals surface area contributed by atoms with Crippen molar-refractivity contribution in [3.63, 3.8) is 0 Å². The monoisotopic (exact) mass is 663 g/mol. The van der Waals surface area contributed by atoms with Crippen LogP contribution in [0.3, 0.4) is 0 Å². The molecular weight excluding hydrogens is 602 g/mol. The van der Waals surface area contributed by atoms with Crippen LogP contribution < -0.4 is 10.1 Å². The van der Waals surface area contributed by atoms with Crippen LogP contribution in [0.1, 0.15) is 116 Å². The van der Waals surface area contributed by atoms with Crippen LogP contribution >= 0.6 is 0 Å². The Balaban J connectivity index is 2.85. The quantitative estimate of drug-likeness (QED) is 0.0470. The number of aliphatic hydroxyl groups excluding tert-OH is 1. The van der Waals surface area contributed by atoms with Crippen LogP contribution in [-0.4, -0.2) is 78.3 Å². The largest absolute Gasteiger partial charge is 0.494 e. The first-order chi connectivity index (χ1) is 22.6. The molecule has 268 valence electrons. The summed E-state index contributed by atoms with van der Waals surface area (Å²) in [6, 6.07) is 6.06. The fourth-order valence-corrected chi connectivity index (χ4v) is 5.36. The Bertz CT molecular complexity index is 1030. The van der Waals surface area contributed by atoms with Crippen LogP contribution in [0.25, 0.3) is 0 Å². The number of aliphatic carboxylic acids is 1. The Kier molecular flexibility index (Phi) is 22.5. The van der Waals surface area contributed by atoms with E-state index in [2.05, 4.69) is 19.2 Å². The Labute approximate surface area is 282 Å². The minimum atomic E-state index is -2.46. The summed E-state index contributed by atoms with van der Waals surface area (Å²) in [6.45, 7) is 4.79. The molecule has 0 spiro atoms. The van der Waals surface area contributed by atoms with Crippen molar-refractivity contribution in [1.82, 2.24) is 5.32 Å². The van der Waals surface area contributed by atoms with E-state index in [9.17, 15) is 29.7 Å². The molecule has 0 saturated heterocycles. The topological polar surface area (TPSA) is 152 Å². The highest BCUT2D eigenvalue weighted by Crippen LogP contribution is 2.26. The number of rotatable bonds is 28. The van der Waals surface area contributed by atoms with Gasteiger partial charge in [-0.3, -0.25) is 4.79 Å². The highest BCUT2D eigenvalue weighted by atomic mass is 16.5. The maximum atomic E-state index is 13.6. The molecule has 0 heterocycles. The van der Waals surface area contributed by atoms with Crippen LogP contribution in [0.15, 0.2) is 36.4 Å². The number of carbonyl (C=O) groups excluding carboxylic acids is 2. The fraction of sp³-hybridized carbons (Fsp3) is 0.703. The molecule has 10 heteroatoms. The van der Waals surface area contributed by atoms with Gasteiger partial charge in [-0.2, -0.15) is 0 Å². The Morgan fingerprint density at radius 3 is 2.06 bits per heavy atom.